The number of anilines is 1. The molecule has 3 aliphatic heterocycles. The van der Waals surface area contributed by atoms with E-state index in [2.05, 4.69) is 15.0 Å². The van der Waals surface area contributed by atoms with Gasteiger partial charge in [-0.15, -0.1) is 0 Å². The standard InChI is InChI=1S/C17H15FN4O5/c1-25-16(23)20-6-12-11-4-8-10(22(11)17(24)27-12)5-9(18)14-15(8)26-7-13-19-2-3-21(13)14/h2-3,5,11-12H,4,6-7H2,1H3,(H,20,23)/t11-,12-/m0/s1. The smallest absolute Gasteiger partial charge is 0.415 e. The predicted octanol–water partition coefficient (Wildman–Crippen LogP) is 1.51. The maximum atomic E-state index is 14.9. The molecule has 9 nitrogen and oxygen atoms in total. The number of carbonyl (C=O) groups is 2. The quantitative estimate of drug-likeness (QED) is 0.856. The van der Waals surface area contributed by atoms with Gasteiger partial charge in [0.1, 0.15) is 18.4 Å². The van der Waals surface area contributed by atoms with E-state index in [1.165, 1.54) is 18.1 Å². The van der Waals surface area contributed by atoms with Crippen molar-refractivity contribution in [1.29, 1.82) is 0 Å². The van der Waals surface area contributed by atoms with Gasteiger partial charge in [-0.05, 0) is 0 Å². The molecule has 0 saturated carbocycles. The van der Waals surface area contributed by atoms with Crippen molar-refractivity contribution >= 4 is 17.9 Å². The second-order valence-electron chi connectivity index (χ2n) is 6.47. The van der Waals surface area contributed by atoms with Crippen LogP contribution in [0.2, 0.25) is 0 Å². The molecule has 1 N–H and O–H groups in total. The summed E-state index contributed by atoms with van der Waals surface area (Å²) in [6.45, 7) is 0.323. The number of cyclic esters (lactones) is 1. The van der Waals surface area contributed by atoms with E-state index in [-0.39, 0.29) is 19.2 Å². The minimum atomic E-state index is -0.612. The Balaban J connectivity index is 1.53. The van der Waals surface area contributed by atoms with Crippen LogP contribution in [0, 0.1) is 5.82 Å². The summed E-state index contributed by atoms with van der Waals surface area (Å²) in [5.41, 5.74) is 1.48. The first-order chi connectivity index (χ1) is 13.1. The molecule has 1 aromatic carbocycles. The molecule has 2 aromatic rings. The Kier molecular flexibility index (Phi) is 3.30. The molecule has 0 radical (unpaired) electrons. The Morgan fingerprint density at radius 3 is 3.19 bits per heavy atom. The van der Waals surface area contributed by atoms with Gasteiger partial charge in [0.05, 0.1) is 25.4 Å². The van der Waals surface area contributed by atoms with Crippen molar-refractivity contribution in [1.82, 2.24) is 14.9 Å². The fraction of sp³-hybridized carbons (Fsp3) is 0.353. The molecule has 5 rings (SSSR count). The van der Waals surface area contributed by atoms with Crippen LogP contribution in [-0.4, -0.2) is 47.5 Å². The van der Waals surface area contributed by atoms with Crippen molar-refractivity contribution in [2.45, 2.75) is 25.2 Å². The number of hydrogen-bond acceptors (Lipinski definition) is 6. The summed E-state index contributed by atoms with van der Waals surface area (Å²) < 4.78 is 32.2. The number of rotatable bonds is 2. The average Bonchev–Trinajstić information content (AvgIpc) is 3.35. The molecule has 4 heterocycles. The van der Waals surface area contributed by atoms with Crippen molar-refractivity contribution in [2.24, 2.45) is 0 Å². The number of alkyl carbamates (subject to hydrolysis) is 1. The Hall–Kier alpha value is -3.30. The van der Waals surface area contributed by atoms with Crippen LogP contribution in [0.5, 0.6) is 5.75 Å². The molecule has 1 aromatic heterocycles. The lowest BCUT2D eigenvalue weighted by Crippen LogP contribution is -2.40. The third kappa shape index (κ3) is 2.19. The zero-order chi connectivity index (χ0) is 18.7. The van der Waals surface area contributed by atoms with E-state index in [0.717, 1.165) is 5.56 Å². The summed E-state index contributed by atoms with van der Waals surface area (Å²) in [5, 5.41) is 2.53. The van der Waals surface area contributed by atoms with Crippen LogP contribution in [0.25, 0.3) is 5.69 Å². The van der Waals surface area contributed by atoms with Crippen molar-refractivity contribution in [3.8, 4) is 11.4 Å². The molecule has 0 aliphatic carbocycles. The van der Waals surface area contributed by atoms with Gasteiger partial charge in [0, 0.05) is 30.4 Å². The van der Waals surface area contributed by atoms with Crippen molar-refractivity contribution in [3.63, 3.8) is 0 Å². The molecule has 1 saturated heterocycles. The summed E-state index contributed by atoms with van der Waals surface area (Å²) in [4.78, 5) is 29.3. The minimum absolute atomic E-state index is 0.102. The molecule has 0 spiro atoms. The monoisotopic (exact) mass is 374 g/mol. The molecular formula is C17H15FN4O5. The molecule has 1 fully saturated rings. The van der Waals surface area contributed by atoms with E-state index >= 15 is 0 Å². The predicted molar refractivity (Wildman–Crippen MR) is 88.5 cm³/mol. The zero-order valence-corrected chi connectivity index (χ0v) is 14.3. The number of nitrogens with zero attached hydrogens (tertiary/aromatic N) is 3. The van der Waals surface area contributed by atoms with Crippen LogP contribution in [0.3, 0.4) is 0 Å². The van der Waals surface area contributed by atoms with Crippen molar-refractivity contribution < 1.29 is 28.2 Å². The molecular weight excluding hydrogens is 359 g/mol. The van der Waals surface area contributed by atoms with E-state index < -0.39 is 24.1 Å². The highest BCUT2D eigenvalue weighted by Crippen LogP contribution is 2.47. The molecule has 27 heavy (non-hydrogen) atoms. The average molecular weight is 374 g/mol. The first kappa shape index (κ1) is 15.9. The van der Waals surface area contributed by atoms with Gasteiger partial charge in [-0.3, -0.25) is 9.47 Å². The van der Waals surface area contributed by atoms with E-state index in [0.29, 0.717) is 29.4 Å². The number of imidazole rings is 1. The lowest BCUT2D eigenvalue weighted by Gasteiger charge is -2.23. The highest BCUT2D eigenvalue weighted by Gasteiger charge is 2.49. The van der Waals surface area contributed by atoms with Gasteiger partial charge in [-0.1, -0.05) is 0 Å². The van der Waals surface area contributed by atoms with Gasteiger partial charge in [0.2, 0.25) is 0 Å². The van der Waals surface area contributed by atoms with Gasteiger partial charge in [0.15, 0.2) is 17.4 Å². The maximum absolute atomic E-state index is 14.9. The van der Waals surface area contributed by atoms with E-state index in [1.54, 1.807) is 17.0 Å². The van der Waals surface area contributed by atoms with Crippen LogP contribution < -0.4 is 15.0 Å². The summed E-state index contributed by atoms with van der Waals surface area (Å²) in [6.07, 6.45) is 1.94. The Morgan fingerprint density at radius 2 is 2.37 bits per heavy atom. The normalized spacial score (nSPS) is 21.6. The number of nitrogens with one attached hydrogen (secondary N) is 1. The summed E-state index contributed by atoms with van der Waals surface area (Å²) in [5.74, 6) is 0.518. The SMILES string of the molecule is COC(=O)NC[C@@H]1OC(=O)N2c3cc(F)c4c(c3C[C@@H]12)OCc1nccn1-4. The highest BCUT2D eigenvalue weighted by molar-refractivity contribution is 5.95. The van der Waals surface area contributed by atoms with Gasteiger partial charge in [-0.2, -0.15) is 0 Å². The third-order valence-corrected chi connectivity index (χ3v) is 5.11. The van der Waals surface area contributed by atoms with Crippen LogP contribution in [0.15, 0.2) is 18.5 Å². The maximum Gasteiger partial charge on any atom is 0.415 e. The molecule has 3 aliphatic rings. The first-order valence-electron chi connectivity index (χ1n) is 8.41. The topological polar surface area (TPSA) is 94.9 Å². The minimum Gasteiger partial charge on any atom is -0.483 e. The number of benzene rings is 1. The number of fused-ring (bicyclic) bond motifs is 7. The number of methoxy groups -OCH3 is 1. The number of ether oxygens (including phenoxy) is 3. The number of carbonyl (C=O) groups excluding carboxylic acids is 2. The molecule has 0 unspecified atom stereocenters. The van der Waals surface area contributed by atoms with Crippen molar-refractivity contribution in [3.05, 3.63) is 35.7 Å². The number of aromatic nitrogens is 2. The number of amides is 2. The molecule has 0 bridgehead atoms. The lowest BCUT2D eigenvalue weighted by molar-refractivity contribution is 0.123. The second-order valence-corrected chi connectivity index (χ2v) is 6.47. The Labute approximate surface area is 152 Å². The summed E-state index contributed by atoms with van der Waals surface area (Å²) >= 11 is 0. The van der Waals surface area contributed by atoms with Crippen LogP contribution in [0.4, 0.5) is 19.7 Å². The zero-order valence-electron chi connectivity index (χ0n) is 14.3. The number of hydrogen-bond donors (Lipinski definition) is 1. The van der Waals surface area contributed by atoms with Gasteiger partial charge < -0.3 is 19.5 Å². The fourth-order valence-corrected chi connectivity index (χ4v) is 3.93. The molecule has 140 valence electrons. The van der Waals surface area contributed by atoms with E-state index in [9.17, 15) is 14.0 Å². The highest BCUT2D eigenvalue weighted by atomic mass is 19.1. The first-order valence-corrected chi connectivity index (χ1v) is 8.41. The van der Waals surface area contributed by atoms with Crippen molar-refractivity contribution in [2.75, 3.05) is 18.6 Å². The molecule has 2 atom stereocenters. The van der Waals surface area contributed by atoms with Gasteiger partial charge in [-0.25, -0.2) is 19.0 Å². The Morgan fingerprint density at radius 1 is 1.52 bits per heavy atom. The Bertz CT molecular complexity index is 974. The lowest BCUT2D eigenvalue weighted by atomic mass is 10.0. The van der Waals surface area contributed by atoms with Gasteiger partial charge >= 0.3 is 12.2 Å². The van der Waals surface area contributed by atoms with Gasteiger partial charge in [0.25, 0.3) is 0 Å². The van der Waals surface area contributed by atoms with E-state index in [4.69, 9.17) is 9.47 Å². The summed E-state index contributed by atoms with van der Waals surface area (Å²) in [6, 6.07) is 0.965. The molecule has 2 amide bonds. The fourth-order valence-electron chi connectivity index (χ4n) is 3.93. The molecule has 10 heteroatoms. The van der Waals surface area contributed by atoms with Crippen LogP contribution >= 0.6 is 0 Å². The van der Waals surface area contributed by atoms with E-state index in [1.807, 2.05) is 0 Å². The van der Waals surface area contributed by atoms with Crippen LogP contribution in [0.1, 0.15) is 11.4 Å². The number of halogens is 1. The largest absolute Gasteiger partial charge is 0.483 e. The summed E-state index contributed by atoms with van der Waals surface area (Å²) in [7, 11) is 1.25. The second kappa shape index (κ2) is 5.60. The third-order valence-electron chi connectivity index (χ3n) is 5.11. The van der Waals surface area contributed by atoms with Crippen LogP contribution in [-0.2, 0) is 22.5 Å².